The summed E-state index contributed by atoms with van der Waals surface area (Å²) in [6.07, 6.45) is 4.68. The Morgan fingerprint density at radius 1 is 0.800 bits per heavy atom. The molecule has 1 aliphatic rings. The van der Waals surface area contributed by atoms with E-state index in [0.717, 1.165) is 24.2 Å². The van der Waals surface area contributed by atoms with Gasteiger partial charge in [-0.05, 0) is 41.8 Å². The second-order valence-corrected chi connectivity index (χ2v) is 7.91. The number of para-hydroxylation sites is 2. The van der Waals surface area contributed by atoms with E-state index in [1.807, 2.05) is 0 Å². The summed E-state index contributed by atoms with van der Waals surface area (Å²) in [4.78, 5) is 7.64. The normalized spacial score (nSPS) is 15.7. The molecule has 1 aromatic heterocycles. The molecule has 30 heavy (non-hydrogen) atoms. The first kappa shape index (κ1) is 18.6. The van der Waals surface area contributed by atoms with Crippen LogP contribution >= 0.6 is 0 Å². The molecule has 148 valence electrons. The van der Waals surface area contributed by atoms with Gasteiger partial charge in [0.05, 0.1) is 17.3 Å². The van der Waals surface area contributed by atoms with E-state index < -0.39 is 0 Å². The molecule has 0 saturated heterocycles. The van der Waals surface area contributed by atoms with Crippen LogP contribution in [0.4, 0.5) is 5.69 Å². The number of anilines is 1. The molecule has 2 heteroatoms. The zero-order chi connectivity index (χ0) is 20.3. The molecule has 2 heterocycles. The number of benzene rings is 3. The first-order chi connectivity index (χ1) is 14.8. The van der Waals surface area contributed by atoms with Crippen LogP contribution in [0.2, 0.25) is 0 Å². The van der Waals surface area contributed by atoms with Gasteiger partial charge in [-0.3, -0.25) is 0 Å². The number of rotatable bonds is 5. The summed E-state index contributed by atoms with van der Waals surface area (Å²) in [6.45, 7) is 3.28. The number of fused-ring (bicyclic) bond motifs is 2. The first-order valence-electron chi connectivity index (χ1n) is 10.8. The number of hydrogen-bond donors (Lipinski definition) is 0. The van der Waals surface area contributed by atoms with E-state index in [1.54, 1.807) is 0 Å². The second-order valence-electron chi connectivity index (χ2n) is 7.91. The minimum Gasteiger partial charge on any atom is -0.360 e. The van der Waals surface area contributed by atoms with Crippen LogP contribution in [0, 0.1) is 0 Å². The zero-order valence-electron chi connectivity index (χ0n) is 17.3. The Bertz CT molecular complexity index is 1190. The van der Waals surface area contributed by atoms with Crippen LogP contribution in [0.25, 0.3) is 22.6 Å². The zero-order valence-corrected chi connectivity index (χ0v) is 17.3. The van der Waals surface area contributed by atoms with Crippen molar-refractivity contribution in [2.24, 2.45) is 0 Å². The van der Waals surface area contributed by atoms with Gasteiger partial charge in [0.15, 0.2) is 0 Å². The Balaban J connectivity index is 1.71. The van der Waals surface area contributed by atoms with Crippen LogP contribution in [-0.4, -0.2) is 11.5 Å². The third kappa shape index (κ3) is 3.39. The van der Waals surface area contributed by atoms with Crippen molar-refractivity contribution in [2.75, 3.05) is 11.4 Å². The van der Waals surface area contributed by atoms with Crippen LogP contribution in [0.15, 0.2) is 91.0 Å². The summed E-state index contributed by atoms with van der Waals surface area (Å²) in [6, 6.07) is 32.5. The summed E-state index contributed by atoms with van der Waals surface area (Å²) in [7, 11) is 0. The standard InChI is InChI=1S/C28H26N2/c1-2-3-19-30-27-16-10-8-14-23(27)20-24(28(30)22-12-5-4-6-13-22)26-18-17-21-11-7-9-15-25(21)29-26/h4-18,20,28H,2-3,19H2,1H3. The lowest BCUT2D eigenvalue weighted by molar-refractivity contribution is 0.676. The summed E-state index contributed by atoms with van der Waals surface area (Å²) in [5, 5.41) is 1.18. The van der Waals surface area contributed by atoms with Crippen molar-refractivity contribution in [1.29, 1.82) is 0 Å². The predicted octanol–water partition coefficient (Wildman–Crippen LogP) is 7.14. The average Bonchev–Trinajstić information content (AvgIpc) is 2.82. The maximum atomic E-state index is 5.07. The highest BCUT2D eigenvalue weighted by Crippen LogP contribution is 2.44. The van der Waals surface area contributed by atoms with Gasteiger partial charge in [-0.1, -0.05) is 86.1 Å². The van der Waals surface area contributed by atoms with E-state index in [0.29, 0.717) is 0 Å². The Morgan fingerprint density at radius 3 is 2.43 bits per heavy atom. The minimum atomic E-state index is 0.154. The minimum absolute atomic E-state index is 0.154. The highest BCUT2D eigenvalue weighted by Gasteiger charge is 2.31. The van der Waals surface area contributed by atoms with Crippen LogP contribution in [0.1, 0.15) is 42.6 Å². The van der Waals surface area contributed by atoms with E-state index in [-0.39, 0.29) is 6.04 Å². The molecule has 0 saturated carbocycles. The monoisotopic (exact) mass is 390 g/mol. The molecule has 4 aromatic rings. The fourth-order valence-electron chi connectivity index (χ4n) is 4.44. The lowest BCUT2D eigenvalue weighted by atomic mass is 9.87. The number of aromatic nitrogens is 1. The highest BCUT2D eigenvalue weighted by molar-refractivity contribution is 5.94. The van der Waals surface area contributed by atoms with E-state index in [2.05, 4.69) is 109 Å². The molecular weight excluding hydrogens is 364 g/mol. The van der Waals surface area contributed by atoms with Crippen molar-refractivity contribution in [2.45, 2.75) is 25.8 Å². The van der Waals surface area contributed by atoms with Gasteiger partial charge >= 0.3 is 0 Å². The largest absolute Gasteiger partial charge is 0.360 e. The Kier molecular flexibility index (Phi) is 5.06. The molecule has 0 fully saturated rings. The Hall–Kier alpha value is -3.39. The van der Waals surface area contributed by atoms with E-state index in [4.69, 9.17) is 4.98 Å². The molecule has 0 aliphatic carbocycles. The van der Waals surface area contributed by atoms with Crippen molar-refractivity contribution in [3.8, 4) is 0 Å². The number of pyridine rings is 1. The molecule has 1 aliphatic heterocycles. The lowest BCUT2D eigenvalue weighted by Gasteiger charge is -2.39. The van der Waals surface area contributed by atoms with Gasteiger partial charge in [0, 0.05) is 23.2 Å². The lowest BCUT2D eigenvalue weighted by Crippen LogP contribution is -2.33. The first-order valence-corrected chi connectivity index (χ1v) is 10.8. The molecule has 0 spiro atoms. The van der Waals surface area contributed by atoms with E-state index >= 15 is 0 Å². The fraction of sp³-hybridized carbons (Fsp3) is 0.179. The smallest absolute Gasteiger partial charge is 0.0817 e. The average molecular weight is 391 g/mol. The molecule has 5 rings (SSSR count). The molecule has 0 bridgehead atoms. The SMILES string of the molecule is CCCCN1c2ccccc2C=C(c2ccc3ccccc3n2)C1c1ccccc1. The Labute approximate surface area is 178 Å². The maximum absolute atomic E-state index is 5.07. The van der Waals surface area contributed by atoms with Gasteiger partial charge in [-0.2, -0.15) is 0 Å². The molecule has 1 unspecified atom stereocenters. The fourth-order valence-corrected chi connectivity index (χ4v) is 4.44. The van der Waals surface area contributed by atoms with Crippen LogP contribution in [0.3, 0.4) is 0 Å². The van der Waals surface area contributed by atoms with Gasteiger partial charge in [-0.15, -0.1) is 0 Å². The summed E-state index contributed by atoms with van der Waals surface area (Å²) in [5.74, 6) is 0. The van der Waals surface area contributed by atoms with Crippen molar-refractivity contribution < 1.29 is 0 Å². The van der Waals surface area contributed by atoms with Gasteiger partial charge in [-0.25, -0.2) is 4.98 Å². The van der Waals surface area contributed by atoms with Crippen molar-refractivity contribution in [1.82, 2.24) is 4.98 Å². The third-order valence-electron chi connectivity index (χ3n) is 5.93. The van der Waals surface area contributed by atoms with E-state index in [9.17, 15) is 0 Å². The molecular formula is C28H26N2. The topological polar surface area (TPSA) is 16.1 Å². The molecule has 3 aromatic carbocycles. The molecule has 1 atom stereocenters. The van der Waals surface area contributed by atoms with Crippen molar-refractivity contribution in [3.63, 3.8) is 0 Å². The van der Waals surface area contributed by atoms with Crippen molar-refractivity contribution >= 4 is 28.2 Å². The van der Waals surface area contributed by atoms with Crippen LogP contribution in [-0.2, 0) is 0 Å². The molecule has 2 nitrogen and oxygen atoms in total. The molecule has 0 N–H and O–H groups in total. The molecule has 0 amide bonds. The second kappa shape index (κ2) is 8.16. The number of nitrogens with zero attached hydrogens (tertiary/aromatic N) is 2. The van der Waals surface area contributed by atoms with Gasteiger partial charge in [0.1, 0.15) is 0 Å². The highest BCUT2D eigenvalue weighted by atomic mass is 15.2. The number of hydrogen-bond acceptors (Lipinski definition) is 2. The quantitative estimate of drug-likeness (QED) is 0.360. The van der Waals surface area contributed by atoms with Gasteiger partial charge < -0.3 is 4.90 Å². The van der Waals surface area contributed by atoms with Gasteiger partial charge in [0.2, 0.25) is 0 Å². The summed E-state index contributed by atoms with van der Waals surface area (Å²) in [5.41, 5.74) is 7.25. The summed E-state index contributed by atoms with van der Waals surface area (Å²) < 4.78 is 0. The van der Waals surface area contributed by atoms with Crippen LogP contribution < -0.4 is 4.90 Å². The number of unbranched alkanes of at least 4 members (excludes halogenated alkanes) is 1. The third-order valence-corrected chi connectivity index (χ3v) is 5.93. The maximum Gasteiger partial charge on any atom is 0.0817 e. The Morgan fingerprint density at radius 2 is 1.57 bits per heavy atom. The van der Waals surface area contributed by atoms with Gasteiger partial charge in [0.25, 0.3) is 0 Å². The predicted molar refractivity (Wildman–Crippen MR) is 127 cm³/mol. The molecule has 0 radical (unpaired) electrons. The summed E-state index contributed by atoms with van der Waals surface area (Å²) >= 11 is 0. The van der Waals surface area contributed by atoms with Crippen molar-refractivity contribution in [3.05, 3.63) is 108 Å². The van der Waals surface area contributed by atoms with Crippen LogP contribution in [0.5, 0.6) is 0 Å². The van der Waals surface area contributed by atoms with E-state index in [1.165, 1.54) is 34.2 Å².